The molecule has 1 atom stereocenters. The van der Waals surface area contributed by atoms with Crippen LogP contribution in [-0.2, 0) is 4.79 Å². The highest BCUT2D eigenvalue weighted by Gasteiger charge is 2.23. The number of thiazole rings is 1. The van der Waals surface area contributed by atoms with Gasteiger partial charge < -0.3 is 10.6 Å². The van der Waals surface area contributed by atoms with E-state index in [9.17, 15) is 4.79 Å². The monoisotopic (exact) mass is 340 g/mol. The number of fused-ring (bicyclic) bond motifs is 1. The molecule has 0 bridgehead atoms. The van der Waals surface area contributed by atoms with Gasteiger partial charge in [-0.3, -0.25) is 9.69 Å². The van der Waals surface area contributed by atoms with E-state index in [1.165, 1.54) is 11.3 Å². The van der Waals surface area contributed by atoms with Gasteiger partial charge in [0.2, 0.25) is 5.91 Å². The zero-order valence-corrected chi connectivity index (χ0v) is 14.2. The fraction of sp³-hybridized carbons (Fsp3) is 0.467. The highest BCUT2D eigenvalue weighted by atomic mass is 35.5. The second kappa shape index (κ2) is 7.87. The maximum absolute atomic E-state index is 12.1. The molecule has 0 spiro atoms. The summed E-state index contributed by atoms with van der Waals surface area (Å²) in [5.74, 6) is 0.685. The van der Waals surface area contributed by atoms with Gasteiger partial charge >= 0.3 is 0 Å². The van der Waals surface area contributed by atoms with Crippen molar-refractivity contribution in [2.45, 2.75) is 6.42 Å². The average molecular weight is 341 g/mol. The first kappa shape index (κ1) is 17.1. The van der Waals surface area contributed by atoms with Gasteiger partial charge in [0, 0.05) is 6.54 Å². The van der Waals surface area contributed by atoms with Crippen LogP contribution in [0.3, 0.4) is 0 Å². The van der Waals surface area contributed by atoms with E-state index in [1.807, 2.05) is 31.3 Å². The molecule has 0 saturated carbocycles. The Kier molecular flexibility index (Phi) is 6.14. The molecule has 1 aliphatic heterocycles. The van der Waals surface area contributed by atoms with Crippen LogP contribution in [0, 0.1) is 5.92 Å². The van der Waals surface area contributed by atoms with Crippen molar-refractivity contribution in [1.82, 2.24) is 15.2 Å². The number of anilines is 1. The van der Waals surface area contributed by atoms with E-state index in [0.29, 0.717) is 17.6 Å². The minimum absolute atomic E-state index is 0. The molecule has 2 heterocycles. The summed E-state index contributed by atoms with van der Waals surface area (Å²) >= 11 is 1.52. The highest BCUT2D eigenvalue weighted by Crippen LogP contribution is 2.25. The molecule has 1 fully saturated rings. The van der Waals surface area contributed by atoms with Crippen molar-refractivity contribution in [1.29, 1.82) is 0 Å². The number of likely N-dealkylation sites (tertiary alicyclic amines) is 1. The van der Waals surface area contributed by atoms with Crippen LogP contribution in [0.5, 0.6) is 0 Å². The van der Waals surface area contributed by atoms with Crippen LogP contribution in [0.15, 0.2) is 24.3 Å². The van der Waals surface area contributed by atoms with E-state index in [4.69, 9.17) is 0 Å². The predicted octanol–water partition coefficient (Wildman–Crippen LogP) is 2.20. The number of rotatable bonds is 5. The molecule has 1 unspecified atom stereocenters. The summed E-state index contributed by atoms with van der Waals surface area (Å²) < 4.78 is 1.10. The Labute approximate surface area is 140 Å². The van der Waals surface area contributed by atoms with Crippen molar-refractivity contribution in [3.05, 3.63) is 24.3 Å². The quantitative estimate of drug-likeness (QED) is 0.876. The maximum atomic E-state index is 12.1. The van der Waals surface area contributed by atoms with Gasteiger partial charge in [-0.25, -0.2) is 4.98 Å². The molecule has 7 heteroatoms. The first-order valence-electron chi connectivity index (χ1n) is 7.27. The summed E-state index contributed by atoms with van der Waals surface area (Å²) in [4.78, 5) is 18.8. The Bertz CT molecular complexity index is 600. The number of amides is 1. The number of para-hydroxylation sites is 1. The first-order valence-corrected chi connectivity index (χ1v) is 8.08. The number of benzene rings is 1. The predicted molar refractivity (Wildman–Crippen MR) is 94.0 cm³/mol. The van der Waals surface area contributed by atoms with E-state index < -0.39 is 0 Å². The van der Waals surface area contributed by atoms with E-state index >= 15 is 0 Å². The van der Waals surface area contributed by atoms with Crippen molar-refractivity contribution >= 4 is 45.0 Å². The number of nitrogens with zero attached hydrogens (tertiary/aromatic N) is 2. The van der Waals surface area contributed by atoms with Crippen molar-refractivity contribution in [3.8, 4) is 0 Å². The molecule has 22 heavy (non-hydrogen) atoms. The van der Waals surface area contributed by atoms with Gasteiger partial charge in [-0.1, -0.05) is 23.5 Å². The minimum atomic E-state index is 0. The largest absolute Gasteiger partial charge is 0.319 e. The number of halogens is 1. The summed E-state index contributed by atoms with van der Waals surface area (Å²) in [6, 6.07) is 7.92. The maximum Gasteiger partial charge on any atom is 0.240 e. The van der Waals surface area contributed by atoms with Crippen LogP contribution >= 0.6 is 23.7 Å². The third-order valence-electron chi connectivity index (χ3n) is 3.77. The molecule has 1 saturated heterocycles. The topological polar surface area (TPSA) is 57.3 Å². The van der Waals surface area contributed by atoms with Gasteiger partial charge in [-0.15, -0.1) is 12.4 Å². The van der Waals surface area contributed by atoms with Crippen LogP contribution in [0.1, 0.15) is 6.42 Å². The molecule has 2 N–H and O–H groups in total. The molecule has 120 valence electrons. The number of carbonyl (C=O) groups excluding carboxylic acids is 1. The third kappa shape index (κ3) is 4.16. The van der Waals surface area contributed by atoms with Crippen LogP contribution in [0.25, 0.3) is 10.2 Å². The van der Waals surface area contributed by atoms with E-state index in [-0.39, 0.29) is 18.3 Å². The number of carbonyl (C=O) groups is 1. The molecule has 2 aromatic rings. The number of hydrogen-bond acceptors (Lipinski definition) is 5. The lowest BCUT2D eigenvalue weighted by molar-refractivity contribution is -0.117. The van der Waals surface area contributed by atoms with E-state index in [1.54, 1.807) is 0 Å². The third-order valence-corrected chi connectivity index (χ3v) is 4.72. The normalized spacial score (nSPS) is 18.3. The molecule has 1 aromatic heterocycles. The Morgan fingerprint density at radius 3 is 3.05 bits per heavy atom. The summed E-state index contributed by atoms with van der Waals surface area (Å²) in [6.45, 7) is 3.47. The highest BCUT2D eigenvalue weighted by molar-refractivity contribution is 7.22. The lowest BCUT2D eigenvalue weighted by Crippen LogP contribution is -2.32. The molecule has 0 aliphatic carbocycles. The van der Waals surface area contributed by atoms with Gasteiger partial charge in [0.15, 0.2) is 5.13 Å². The standard InChI is InChI=1S/C15H20N4OS.ClH/c1-16-8-11-6-7-19(9-11)10-14(20)18-15-17-12-4-2-3-5-13(12)21-15;/h2-5,11,16H,6-10H2,1H3,(H,17,18,20);1H. The zero-order valence-electron chi connectivity index (χ0n) is 12.5. The molecule has 1 aromatic carbocycles. The summed E-state index contributed by atoms with van der Waals surface area (Å²) in [7, 11) is 1.97. The van der Waals surface area contributed by atoms with Gasteiger partial charge in [0.25, 0.3) is 0 Å². The Morgan fingerprint density at radius 2 is 2.27 bits per heavy atom. The molecule has 1 aliphatic rings. The van der Waals surface area contributed by atoms with Gasteiger partial charge in [0.1, 0.15) is 0 Å². The Balaban J connectivity index is 0.00000176. The molecule has 1 amide bonds. The Morgan fingerprint density at radius 1 is 1.45 bits per heavy atom. The number of aromatic nitrogens is 1. The summed E-state index contributed by atoms with van der Waals surface area (Å²) in [5.41, 5.74) is 0.938. The second-order valence-electron chi connectivity index (χ2n) is 5.48. The first-order chi connectivity index (χ1) is 10.2. The van der Waals surface area contributed by atoms with E-state index in [2.05, 4.69) is 20.5 Å². The van der Waals surface area contributed by atoms with Crippen molar-refractivity contribution in [2.75, 3.05) is 38.5 Å². The van der Waals surface area contributed by atoms with Crippen molar-refractivity contribution in [2.24, 2.45) is 5.92 Å². The van der Waals surface area contributed by atoms with Crippen LogP contribution in [0.2, 0.25) is 0 Å². The zero-order chi connectivity index (χ0) is 14.7. The summed E-state index contributed by atoms with van der Waals surface area (Å²) in [5, 5.41) is 6.81. The smallest absolute Gasteiger partial charge is 0.240 e. The lowest BCUT2D eigenvalue weighted by Gasteiger charge is -2.14. The van der Waals surface area contributed by atoms with Crippen LogP contribution in [-0.4, -0.2) is 49.0 Å². The lowest BCUT2D eigenvalue weighted by atomic mass is 10.1. The second-order valence-corrected chi connectivity index (χ2v) is 6.51. The molecular formula is C15H21ClN4OS. The van der Waals surface area contributed by atoms with Crippen LogP contribution < -0.4 is 10.6 Å². The molecule has 0 radical (unpaired) electrons. The molecular weight excluding hydrogens is 320 g/mol. The van der Waals surface area contributed by atoms with Crippen LogP contribution in [0.4, 0.5) is 5.13 Å². The van der Waals surface area contributed by atoms with Crippen molar-refractivity contribution in [3.63, 3.8) is 0 Å². The molecule has 5 nitrogen and oxygen atoms in total. The van der Waals surface area contributed by atoms with Crippen molar-refractivity contribution < 1.29 is 4.79 Å². The molecule has 3 rings (SSSR count). The fourth-order valence-corrected chi connectivity index (χ4v) is 3.68. The number of nitrogens with one attached hydrogen (secondary N) is 2. The van der Waals surface area contributed by atoms with E-state index in [0.717, 1.165) is 36.3 Å². The van der Waals surface area contributed by atoms with Gasteiger partial charge in [-0.05, 0) is 44.6 Å². The average Bonchev–Trinajstić information content (AvgIpc) is 3.05. The van der Waals surface area contributed by atoms with Gasteiger partial charge in [0.05, 0.1) is 16.8 Å². The SMILES string of the molecule is CNCC1CCN(CC(=O)Nc2nc3ccccc3s2)C1.Cl. The summed E-state index contributed by atoms with van der Waals surface area (Å²) in [6.07, 6.45) is 1.16. The Hall–Kier alpha value is -1.21. The van der Waals surface area contributed by atoms with Gasteiger partial charge in [-0.2, -0.15) is 0 Å². The fourth-order valence-electron chi connectivity index (χ4n) is 2.80. The minimum Gasteiger partial charge on any atom is -0.319 e. The number of hydrogen-bond donors (Lipinski definition) is 2.